The van der Waals surface area contributed by atoms with Crippen LogP contribution in [0.5, 0.6) is 0 Å². The minimum atomic E-state index is 0.00162. The fourth-order valence-electron chi connectivity index (χ4n) is 1.84. The number of anilines is 2. The Labute approximate surface area is 112 Å². The first-order valence-corrected chi connectivity index (χ1v) is 6.09. The summed E-state index contributed by atoms with van der Waals surface area (Å²) in [5, 5.41) is 0. The molecule has 0 fully saturated rings. The number of aromatic nitrogens is 1. The molecule has 0 bridgehead atoms. The van der Waals surface area contributed by atoms with Crippen LogP contribution in [0, 0.1) is 6.92 Å². The van der Waals surface area contributed by atoms with Gasteiger partial charge >= 0.3 is 0 Å². The molecule has 2 rings (SSSR count). The third kappa shape index (κ3) is 3.10. The highest BCUT2D eigenvalue weighted by Crippen LogP contribution is 2.20. The van der Waals surface area contributed by atoms with Crippen LogP contribution in [0.25, 0.3) is 0 Å². The fraction of sp³-hybridized carbons (Fsp3) is 0.200. The van der Waals surface area contributed by atoms with Crippen molar-refractivity contribution in [3.8, 4) is 0 Å². The maximum absolute atomic E-state index is 12.2. The average Bonchev–Trinajstić information content (AvgIpc) is 2.41. The van der Waals surface area contributed by atoms with Crippen molar-refractivity contribution in [1.29, 1.82) is 0 Å². The van der Waals surface area contributed by atoms with Crippen molar-refractivity contribution in [2.24, 2.45) is 0 Å². The molecular weight excluding hydrogens is 238 g/mol. The lowest BCUT2D eigenvalue weighted by Crippen LogP contribution is -2.28. The Morgan fingerprint density at radius 2 is 1.95 bits per heavy atom. The summed E-state index contributed by atoms with van der Waals surface area (Å²) in [6, 6.07) is 9.68. The monoisotopic (exact) mass is 255 g/mol. The topological polar surface area (TPSA) is 59.2 Å². The van der Waals surface area contributed by atoms with Crippen LogP contribution in [0.3, 0.4) is 0 Å². The number of nitrogens with zero attached hydrogens (tertiary/aromatic N) is 2. The summed E-state index contributed by atoms with van der Waals surface area (Å²) in [5.41, 5.74) is 9.18. The second kappa shape index (κ2) is 5.52. The number of benzene rings is 1. The summed E-state index contributed by atoms with van der Waals surface area (Å²) in [6.07, 6.45) is 3.53. The van der Waals surface area contributed by atoms with E-state index in [0.717, 1.165) is 5.56 Å². The van der Waals surface area contributed by atoms with Crippen molar-refractivity contribution in [2.45, 2.75) is 13.3 Å². The lowest BCUT2D eigenvalue weighted by molar-refractivity contribution is -0.117. The largest absolute Gasteiger partial charge is 0.396 e. The van der Waals surface area contributed by atoms with Gasteiger partial charge in [0.1, 0.15) is 0 Å². The third-order valence-corrected chi connectivity index (χ3v) is 3.04. The zero-order valence-corrected chi connectivity index (χ0v) is 11.1. The van der Waals surface area contributed by atoms with Crippen LogP contribution in [0.4, 0.5) is 11.4 Å². The van der Waals surface area contributed by atoms with Crippen molar-refractivity contribution in [2.75, 3.05) is 17.7 Å². The van der Waals surface area contributed by atoms with E-state index in [9.17, 15) is 4.79 Å². The fourth-order valence-corrected chi connectivity index (χ4v) is 1.84. The lowest BCUT2D eigenvalue weighted by Gasteiger charge is -2.18. The van der Waals surface area contributed by atoms with Crippen LogP contribution in [0.2, 0.25) is 0 Å². The number of amides is 1. The van der Waals surface area contributed by atoms with E-state index < -0.39 is 0 Å². The maximum atomic E-state index is 12.2. The molecule has 4 nitrogen and oxygen atoms in total. The van der Waals surface area contributed by atoms with Gasteiger partial charge in [0.05, 0.1) is 24.0 Å². The van der Waals surface area contributed by atoms with Gasteiger partial charge in [0.15, 0.2) is 0 Å². The predicted octanol–water partition coefficient (Wildman–Crippen LogP) is 2.18. The van der Waals surface area contributed by atoms with Gasteiger partial charge < -0.3 is 10.6 Å². The number of likely N-dealkylation sites (N-methyl/N-ethyl adjacent to an activating group) is 1. The molecule has 4 heteroatoms. The van der Waals surface area contributed by atoms with Crippen LogP contribution in [0.15, 0.2) is 42.7 Å². The van der Waals surface area contributed by atoms with Crippen LogP contribution in [-0.4, -0.2) is 17.9 Å². The maximum Gasteiger partial charge on any atom is 0.231 e. The summed E-state index contributed by atoms with van der Waals surface area (Å²) >= 11 is 0. The second-order valence-corrected chi connectivity index (χ2v) is 4.55. The minimum Gasteiger partial charge on any atom is -0.396 e. The van der Waals surface area contributed by atoms with Gasteiger partial charge in [-0.3, -0.25) is 9.78 Å². The first-order valence-electron chi connectivity index (χ1n) is 6.09. The molecule has 1 heterocycles. The summed E-state index contributed by atoms with van der Waals surface area (Å²) in [5.74, 6) is 0.00162. The summed E-state index contributed by atoms with van der Waals surface area (Å²) < 4.78 is 0. The third-order valence-electron chi connectivity index (χ3n) is 3.04. The van der Waals surface area contributed by atoms with Crippen molar-refractivity contribution < 1.29 is 4.79 Å². The molecule has 0 radical (unpaired) electrons. The number of pyridine rings is 1. The van der Waals surface area contributed by atoms with Crippen molar-refractivity contribution >= 4 is 17.3 Å². The van der Waals surface area contributed by atoms with Gasteiger partial charge in [-0.25, -0.2) is 0 Å². The second-order valence-electron chi connectivity index (χ2n) is 4.55. The lowest BCUT2D eigenvalue weighted by atomic mass is 10.1. The molecule has 0 unspecified atom stereocenters. The molecule has 1 aromatic carbocycles. The van der Waals surface area contributed by atoms with Crippen LogP contribution in [-0.2, 0) is 11.2 Å². The number of carbonyl (C=O) groups is 1. The highest BCUT2D eigenvalue weighted by Gasteiger charge is 2.13. The molecule has 0 aliphatic heterocycles. The number of rotatable bonds is 3. The first kappa shape index (κ1) is 13.1. The van der Waals surface area contributed by atoms with Crippen molar-refractivity contribution in [1.82, 2.24) is 4.98 Å². The van der Waals surface area contributed by atoms with E-state index in [0.29, 0.717) is 17.8 Å². The number of nitrogens with two attached hydrogens (primary N) is 1. The Morgan fingerprint density at radius 3 is 2.58 bits per heavy atom. The minimum absolute atomic E-state index is 0.00162. The zero-order chi connectivity index (χ0) is 13.8. The van der Waals surface area contributed by atoms with E-state index in [1.807, 2.05) is 31.2 Å². The molecular formula is C15H17N3O. The highest BCUT2D eigenvalue weighted by molar-refractivity contribution is 5.96. The van der Waals surface area contributed by atoms with E-state index in [1.165, 1.54) is 5.56 Å². The first-order chi connectivity index (χ1) is 9.08. The normalized spacial score (nSPS) is 10.2. The average molecular weight is 255 g/mol. The van der Waals surface area contributed by atoms with E-state index in [4.69, 9.17) is 5.73 Å². The van der Waals surface area contributed by atoms with Gasteiger partial charge in [-0.15, -0.1) is 0 Å². The molecule has 98 valence electrons. The Kier molecular flexibility index (Phi) is 3.80. The number of aryl methyl sites for hydroxylation is 1. The Morgan fingerprint density at radius 1 is 1.26 bits per heavy atom. The van der Waals surface area contributed by atoms with Gasteiger partial charge in [-0.2, -0.15) is 0 Å². The van der Waals surface area contributed by atoms with Gasteiger partial charge in [-0.1, -0.05) is 29.8 Å². The van der Waals surface area contributed by atoms with Crippen LogP contribution < -0.4 is 10.6 Å². The smallest absolute Gasteiger partial charge is 0.231 e. The van der Waals surface area contributed by atoms with Gasteiger partial charge in [0, 0.05) is 13.2 Å². The Hall–Kier alpha value is -2.36. The molecule has 19 heavy (non-hydrogen) atoms. The van der Waals surface area contributed by atoms with E-state index >= 15 is 0 Å². The number of hydrogen-bond acceptors (Lipinski definition) is 3. The zero-order valence-electron chi connectivity index (χ0n) is 11.1. The molecule has 2 aromatic rings. The molecule has 0 spiro atoms. The number of carbonyl (C=O) groups excluding carboxylic acids is 1. The Bertz CT molecular complexity index is 578. The number of nitrogen functional groups attached to an aromatic ring is 1. The Balaban J connectivity index is 2.12. The van der Waals surface area contributed by atoms with Gasteiger partial charge in [0.2, 0.25) is 5.91 Å². The molecule has 0 saturated carbocycles. The van der Waals surface area contributed by atoms with E-state index in [-0.39, 0.29) is 5.91 Å². The SMILES string of the molecule is Cc1ccc(CC(=O)N(C)c2ccncc2N)cc1. The highest BCUT2D eigenvalue weighted by atomic mass is 16.2. The predicted molar refractivity (Wildman–Crippen MR) is 76.9 cm³/mol. The summed E-state index contributed by atoms with van der Waals surface area (Å²) in [4.78, 5) is 17.7. The quantitative estimate of drug-likeness (QED) is 0.914. The van der Waals surface area contributed by atoms with Crippen molar-refractivity contribution in [3.63, 3.8) is 0 Å². The molecule has 2 N–H and O–H groups in total. The van der Waals surface area contributed by atoms with Crippen molar-refractivity contribution in [3.05, 3.63) is 53.9 Å². The molecule has 0 aliphatic rings. The summed E-state index contributed by atoms with van der Waals surface area (Å²) in [7, 11) is 1.72. The van der Waals surface area contributed by atoms with Crippen LogP contribution >= 0.6 is 0 Å². The number of hydrogen-bond donors (Lipinski definition) is 1. The van der Waals surface area contributed by atoms with Gasteiger partial charge in [-0.05, 0) is 18.6 Å². The van der Waals surface area contributed by atoms with E-state index in [2.05, 4.69) is 4.98 Å². The molecule has 1 amide bonds. The van der Waals surface area contributed by atoms with Gasteiger partial charge in [0.25, 0.3) is 0 Å². The molecule has 0 saturated heterocycles. The molecule has 1 aromatic heterocycles. The molecule has 0 aliphatic carbocycles. The van der Waals surface area contributed by atoms with Crippen LogP contribution in [0.1, 0.15) is 11.1 Å². The standard InChI is InChI=1S/C15H17N3O/c1-11-3-5-12(6-4-11)9-15(19)18(2)14-7-8-17-10-13(14)16/h3-8,10H,9,16H2,1-2H3. The van der Waals surface area contributed by atoms with E-state index in [1.54, 1.807) is 30.4 Å². The summed E-state index contributed by atoms with van der Waals surface area (Å²) in [6.45, 7) is 2.02. The molecule has 0 atom stereocenters.